The molecule has 5 nitrogen and oxygen atoms in total. The lowest BCUT2D eigenvalue weighted by Gasteiger charge is -2.16. The van der Waals surface area contributed by atoms with Gasteiger partial charge < -0.3 is 19.5 Å². The number of carboxylic acids is 1. The van der Waals surface area contributed by atoms with Crippen LogP contribution >= 0.6 is 0 Å². The largest absolute Gasteiger partial charge is 0.478 e. The molecule has 4 aromatic rings. The highest BCUT2D eigenvalue weighted by molar-refractivity contribution is 6.07. The molecule has 2 N–H and O–H groups in total. The minimum atomic E-state index is -1.06. The fraction of sp³-hybridized carbons (Fsp3) is 0.0952. The normalized spacial score (nSPS) is 12.3. The molecule has 0 fully saturated rings. The van der Waals surface area contributed by atoms with Gasteiger partial charge in [-0.1, -0.05) is 36.4 Å². The third-order valence-corrected chi connectivity index (χ3v) is 4.39. The summed E-state index contributed by atoms with van der Waals surface area (Å²) in [4.78, 5) is 10.9. The summed E-state index contributed by atoms with van der Waals surface area (Å²) >= 11 is 0. The number of hydrogen-bond donors (Lipinski definition) is 2. The molecule has 5 heteroatoms. The van der Waals surface area contributed by atoms with E-state index in [0.717, 1.165) is 21.8 Å². The van der Waals surface area contributed by atoms with E-state index in [4.69, 9.17) is 9.84 Å². The minimum Gasteiger partial charge on any atom is -0.478 e. The number of aliphatic hydroxyl groups is 1. The molecule has 1 aromatic heterocycles. The molecule has 0 saturated heterocycles. The fourth-order valence-corrected chi connectivity index (χ4v) is 3.23. The first-order valence-corrected chi connectivity index (χ1v) is 8.27. The van der Waals surface area contributed by atoms with Crippen molar-refractivity contribution in [2.24, 2.45) is 0 Å². The smallest absolute Gasteiger partial charge is 0.335 e. The van der Waals surface area contributed by atoms with Crippen molar-refractivity contribution in [3.05, 3.63) is 78.4 Å². The maximum Gasteiger partial charge on any atom is 0.335 e. The number of aliphatic hydroxyl groups excluding tert-OH is 1. The van der Waals surface area contributed by atoms with E-state index in [1.807, 2.05) is 41.0 Å². The number of aromatic carboxylic acids is 1. The highest BCUT2D eigenvalue weighted by Crippen LogP contribution is 2.29. The second-order valence-electron chi connectivity index (χ2n) is 6.05. The highest BCUT2D eigenvalue weighted by atomic mass is 16.6. The van der Waals surface area contributed by atoms with Gasteiger partial charge in [-0.2, -0.15) is 0 Å². The van der Waals surface area contributed by atoms with Crippen molar-refractivity contribution in [3.8, 4) is 5.75 Å². The Hall–Kier alpha value is -3.31. The first-order chi connectivity index (χ1) is 12.6. The van der Waals surface area contributed by atoms with Crippen molar-refractivity contribution in [1.82, 2.24) is 4.57 Å². The molecule has 0 aliphatic carbocycles. The molecule has 130 valence electrons. The van der Waals surface area contributed by atoms with Crippen molar-refractivity contribution in [2.45, 2.75) is 12.8 Å². The molecule has 0 aliphatic rings. The van der Waals surface area contributed by atoms with Gasteiger partial charge in [-0.15, -0.1) is 0 Å². The summed E-state index contributed by atoms with van der Waals surface area (Å²) in [6, 6.07) is 22.1. The molecule has 0 amide bonds. The Labute approximate surface area is 149 Å². The van der Waals surface area contributed by atoms with Crippen LogP contribution in [-0.4, -0.2) is 27.0 Å². The minimum absolute atomic E-state index is 0.175. The van der Waals surface area contributed by atoms with Crippen LogP contribution in [0.4, 0.5) is 0 Å². The number of fused-ring (bicyclic) bond motifs is 3. The quantitative estimate of drug-likeness (QED) is 0.537. The first-order valence-electron chi connectivity index (χ1n) is 8.27. The molecule has 26 heavy (non-hydrogen) atoms. The maximum atomic E-state index is 10.9. The van der Waals surface area contributed by atoms with Crippen LogP contribution in [0.25, 0.3) is 21.8 Å². The highest BCUT2D eigenvalue weighted by Gasteiger charge is 2.14. The molecule has 4 rings (SSSR count). The molecular formula is C21H17NO4. The Bertz CT molecular complexity index is 1030. The Morgan fingerprint density at radius 1 is 0.885 bits per heavy atom. The summed E-state index contributed by atoms with van der Waals surface area (Å²) in [6.07, 6.45) is -1.06. The summed E-state index contributed by atoms with van der Waals surface area (Å²) in [7, 11) is 0. The van der Waals surface area contributed by atoms with Crippen molar-refractivity contribution in [3.63, 3.8) is 0 Å². The molecule has 0 saturated carbocycles. The number of ether oxygens (including phenoxy) is 1. The zero-order valence-corrected chi connectivity index (χ0v) is 13.9. The molecule has 1 atom stereocenters. The van der Waals surface area contributed by atoms with Gasteiger partial charge in [0.15, 0.2) is 0 Å². The van der Waals surface area contributed by atoms with Crippen LogP contribution < -0.4 is 4.74 Å². The average molecular weight is 347 g/mol. The number of aromatic nitrogens is 1. The molecule has 0 aliphatic heterocycles. The predicted molar refractivity (Wildman–Crippen MR) is 99.5 cm³/mol. The topological polar surface area (TPSA) is 71.7 Å². The van der Waals surface area contributed by atoms with Gasteiger partial charge in [-0.25, -0.2) is 4.79 Å². The van der Waals surface area contributed by atoms with E-state index in [0.29, 0.717) is 5.75 Å². The summed E-state index contributed by atoms with van der Waals surface area (Å²) in [6.45, 7) is 0.259. The molecule has 0 bridgehead atoms. The van der Waals surface area contributed by atoms with E-state index in [1.165, 1.54) is 12.1 Å². The van der Waals surface area contributed by atoms with E-state index in [1.54, 1.807) is 12.1 Å². The van der Waals surface area contributed by atoms with Crippen LogP contribution in [0.15, 0.2) is 72.8 Å². The number of carbonyl (C=O) groups is 1. The Kier molecular flexibility index (Phi) is 4.07. The summed E-state index contributed by atoms with van der Waals surface area (Å²) in [5.41, 5.74) is 2.23. The van der Waals surface area contributed by atoms with Crippen LogP contribution in [0.5, 0.6) is 5.75 Å². The fourth-order valence-electron chi connectivity index (χ4n) is 3.23. The van der Waals surface area contributed by atoms with E-state index < -0.39 is 12.3 Å². The Morgan fingerprint density at radius 3 is 1.96 bits per heavy atom. The lowest BCUT2D eigenvalue weighted by atomic mass is 10.2. The second kappa shape index (κ2) is 6.54. The monoisotopic (exact) mass is 347 g/mol. The Balaban J connectivity index is 1.63. The molecular weight excluding hydrogens is 330 g/mol. The van der Waals surface area contributed by atoms with Crippen molar-refractivity contribution in [1.29, 1.82) is 0 Å². The van der Waals surface area contributed by atoms with Crippen LogP contribution in [0, 0.1) is 0 Å². The van der Waals surface area contributed by atoms with E-state index in [9.17, 15) is 9.90 Å². The Morgan fingerprint density at radius 2 is 1.42 bits per heavy atom. The van der Waals surface area contributed by atoms with Crippen LogP contribution in [-0.2, 0) is 6.54 Å². The number of benzene rings is 3. The van der Waals surface area contributed by atoms with Gasteiger partial charge >= 0.3 is 5.97 Å². The van der Waals surface area contributed by atoms with Crippen molar-refractivity contribution in [2.75, 3.05) is 0 Å². The lowest BCUT2D eigenvalue weighted by molar-refractivity contribution is -0.0278. The summed E-state index contributed by atoms with van der Waals surface area (Å²) < 4.78 is 7.59. The third kappa shape index (κ3) is 2.89. The number of hydrogen-bond acceptors (Lipinski definition) is 3. The van der Waals surface area contributed by atoms with Gasteiger partial charge in [-0.05, 0) is 36.4 Å². The number of rotatable bonds is 5. The van der Waals surface area contributed by atoms with Gasteiger partial charge in [0.1, 0.15) is 5.75 Å². The van der Waals surface area contributed by atoms with Crippen LogP contribution in [0.2, 0.25) is 0 Å². The summed E-state index contributed by atoms with van der Waals surface area (Å²) in [5, 5.41) is 21.6. The zero-order chi connectivity index (χ0) is 18.1. The molecule has 1 heterocycles. The SMILES string of the molecule is O=C(O)c1ccc(O[C@@H](O)Cn2c3ccccc3c3ccccc32)cc1. The summed E-state index contributed by atoms with van der Waals surface area (Å²) in [5.74, 6) is -0.578. The van der Waals surface area contributed by atoms with Crippen molar-refractivity contribution < 1.29 is 19.7 Å². The van der Waals surface area contributed by atoms with Gasteiger partial charge in [0, 0.05) is 21.8 Å². The van der Waals surface area contributed by atoms with Gasteiger partial charge in [-0.3, -0.25) is 0 Å². The van der Waals surface area contributed by atoms with Gasteiger partial charge in [0.2, 0.25) is 6.29 Å². The zero-order valence-electron chi connectivity index (χ0n) is 13.9. The van der Waals surface area contributed by atoms with Crippen molar-refractivity contribution >= 4 is 27.8 Å². The molecule has 0 radical (unpaired) electrons. The van der Waals surface area contributed by atoms with Crippen LogP contribution in [0.1, 0.15) is 10.4 Å². The van der Waals surface area contributed by atoms with E-state index in [2.05, 4.69) is 12.1 Å². The van der Waals surface area contributed by atoms with Crippen LogP contribution in [0.3, 0.4) is 0 Å². The van der Waals surface area contributed by atoms with Gasteiger partial charge in [0.25, 0.3) is 0 Å². The van der Waals surface area contributed by atoms with E-state index >= 15 is 0 Å². The molecule has 3 aromatic carbocycles. The van der Waals surface area contributed by atoms with E-state index in [-0.39, 0.29) is 12.1 Å². The predicted octanol–water partition coefficient (Wildman–Crippen LogP) is 3.89. The number of carboxylic acid groups (broad SMARTS) is 1. The number of nitrogens with zero attached hydrogens (tertiary/aromatic N) is 1. The molecule has 0 spiro atoms. The maximum absolute atomic E-state index is 10.9. The average Bonchev–Trinajstić information content (AvgIpc) is 2.96. The first kappa shape index (κ1) is 16.2. The third-order valence-electron chi connectivity index (χ3n) is 4.39. The van der Waals surface area contributed by atoms with Gasteiger partial charge in [0.05, 0.1) is 12.1 Å². The molecule has 0 unspecified atom stereocenters. The standard InChI is InChI=1S/C21H17NO4/c23-20(26-15-11-9-14(10-12-15)21(24)25)13-22-18-7-3-1-5-16(18)17-6-2-4-8-19(17)22/h1-12,20,23H,13H2,(H,24,25)/t20-/m1/s1. The second-order valence-corrected chi connectivity index (χ2v) is 6.05. The number of para-hydroxylation sites is 2. The lowest BCUT2D eigenvalue weighted by Crippen LogP contribution is -2.22.